The van der Waals surface area contributed by atoms with Gasteiger partial charge in [-0.15, -0.1) is 0 Å². The zero-order valence-electron chi connectivity index (χ0n) is 15.8. The van der Waals surface area contributed by atoms with Crippen LogP contribution < -0.4 is 10.1 Å². The minimum absolute atomic E-state index is 0.0378. The monoisotopic (exact) mass is 354 g/mol. The molecule has 0 aliphatic heterocycles. The molecule has 0 saturated carbocycles. The number of aryl methyl sites for hydroxylation is 2. The first kappa shape index (κ1) is 19.5. The van der Waals surface area contributed by atoms with Gasteiger partial charge < -0.3 is 15.0 Å². The predicted molar refractivity (Wildman–Crippen MR) is 102 cm³/mol. The maximum Gasteiger partial charge on any atom is 0.253 e. The van der Waals surface area contributed by atoms with Crippen LogP contribution in [-0.2, 0) is 11.3 Å². The lowest BCUT2D eigenvalue weighted by Gasteiger charge is -2.11. The average Bonchev–Trinajstić information content (AvgIpc) is 2.61. The Morgan fingerprint density at radius 2 is 1.73 bits per heavy atom. The molecule has 2 amide bonds. The molecule has 2 aromatic rings. The molecule has 2 rings (SSSR count). The van der Waals surface area contributed by atoms with Gasteiger partial charge in [0.15, 0.2) is 0 Å². The lowest BCUT2D eigenvalue weighted by atomic mass is 10.1. The molecule has 5 nitrogen and oxygen atoms in total. The lowest BCUT2D eigenvalue weighted by molar-refractivity contribution is -0.121. The smallest absolute Gasteiger partial charge is 0.253 e. The van der Waals surface area contributed by atoms with Gasteiger partial charge >= 0.3 is 0 Å². The first-order valence-corrected chi connectivity index (χ1v) is 8.64. The van der Waals surface area contributed by atoms with E-state index in [9.17, 15) is 9.59 Å². The quantitative estimate of drug-likeness (QED) is 0.831. The van der Waals surface area contributed by atoms with E-state index in [1.807, 2.05) is 38.1 Å². The first-order chi connectivity index (χ1) is 12.4. The molecule has 0 aliphatic carbocycles. The molecule has 0 fully saturated rings. The van der Waals surface area contributed by atoms with Crippen molar-refractivity contribution in [3.63, 3.8) is 0 Å². The number of ether oxygens (including phenoxy) is 1. The van der Waals surface area contributed by atoms with Crippen molar-refractivity contribution in [1.29, 1.82) is 0 Å². The van der Waals surface area contributed by atoms with E-state index in [0.29, 0.717) is 25.1 Å². The fourth-order valence-electron chi connectivity index (χ4n) is 2.53. The van der Waals surface area contributed by atoms with Crippen molar-refractivity contribution in [3.8, 4) is 5.75 Å². The predicted octanol–water partition coefficient (Wildman–Crippen LogP) is 3.09. The van der Waals surface area contributed by atoms with Crippen molar-refractivity contribution in [1.82, 2.24) is 10.2 Å². The molecule has 138 valence electrons. The van der Waals surface area contributed by atoms with Crippen LogP contribution in [0.4, 0.5) is 0 Å². The fourth-order valence-corrected chi connectivity index (χ4v) is 2.53. The number of amides is 2. The standard InChI is InChI=1S/C21H26N2O3/c1-15-5-10-19(16(2)13-15)26-12-11-20(24)22-14-17-6-8-18(9-7-17)21(25)23(3)4/h5-10,13H,11-12,14H2,1-4H3,(H,22,24). The molecule has 1 N–H and O–H groups in total. The number of hydrogen-bond donors (Lipinski definition) is 1. The Hall–Kier alpha value is -2.82. The third kappa shape index (κ3) is 5.62. The summed E-state index contributed by atoms with van der Waals surface area (Å²) in [6.45, 7) is 4.80. The van der Waals surface area contributed by atoms with Crippen molar-refractivity contribution in [2.24, 2.45) is 0 Å². The number of hydrogen-bond acceptors (Lipinski definition) is 3. The van der Waals surface area contributed by atoms with Gasteiger partial charge in [-0.1, -0.05) is 29.8 Å². The van der Waals surface area contributed by atoms with Crippen molar-refractivity contribution >= 4 is 11.8 Å². The molecule has 0 radical (unpaired) electrons. The second kappa shape index (κ2) is 9.04. The van der Waals surface area contributed by atoms with E-state index in [-0.39, 0.29) is 11.8 Å². The SMILES string of the molecule is Cc1ccc(OCCC(=O)NCc2ccc(C(=O)N(C)C)cc2)c(C)c1. The number of carbonyl (C=O) groups is 2. The summed E-state index contributed by atoms with van der Waals surface area (Å²) in [4.78, 5) is 25.3. The zero-order valence-corrected chi connectivity index (χ0v) is 15.8. The van der Waals surface area contributed by atoms with Gasteiger partial charge in [-0.2, -0.15) is 0 Å². The van der Waals surface area contributed by atoms with Crippen LogP contribution in [-0.4, -0.2) is 37.4 Å². The largest absolute Gasteiger partial charge is 0.493 e. The molecular formula is C21H26N2O3. The van der Waals surface area contributed by atoms with Crippen molar-refractivity contribution in [3.05, 3.63) is 64.7 Å². The van der Waals surface area contributed by atoms with Crippen LogP contribution in [0.2, 0.25) is 0 Å². The zero-order chi connectivity index (χ0) is 19.1. The molecule has 0 unspecified atom stereocenters. The van der Waals surface area contributed by atoms with Crippen LogP contribution in [0.1, 0.15) is 33.5 Å². The Morgan fingerprint density at radius 3 is 2.35 bits per heavy atom. The second-order valence-electron chi connectivity index (χ2n) is 6.54. The number of rotatable bonds is 7. The Kier molecular flexibility index (Phi) is 6.78. The van der Waals surface area contributed by atoms with Gasteiger partial charge in [-0.25, -0.2) is 0 Å². The summed E-state index contributed by atoms with van der Waals surface area (Å²) in [6.07, 6.45) is 0.296. The number of benzene rings is 2. The molecule has 26 heavy (non-hydrogen) atoms. The Bertz CT molecular complexity index is 767. The van der Waals surface area contributed by atoms with E-state index in [0.717, 1.165) is 16.9 Å². The molecule has 0 saturated heterocycles. The lowest BCUT2D eigenvalue weighted by Crippen LogP contribution is -2.24. The molecule has 0 heterocycles. The molecule has 0 atom stereocenters. The Morgan fingerprint density at radius 1 is 1.04 bits per heavy atom. The Labute approximate surface area is 155 Å². The topological polar surface area (TPSA) is 58.6 Å². The van der Waals surface area contributed by atoms with Crippen LogP contribution >= 0.6 is 0 Å². The number of nitrogens with zero attached hydrogens (tertiary/aromatic N) is 1. The highest BCUT2D eigenvalue weighted by molar-refractivity contribution is 5.93. The highest BCUT2D eigenvalue weighted by atomic mass is 16.5. The molecule has 0 spiro atoms. The Balaban J connectivity index is 1.75. The summed E-state index contributed by atoms with van der Waals surface area (Å²) in [5, 5.41) is 2.87. The van der Waals surface area contributed by atoms with Gasteiger partial charge in [0.2, 0.25) is 5.91 Å². The van der Waals surface area contributed by atoms with Crippen LogP contribution in [0.5, 0.6) is 5.75 Å². The van der Waals surface area contributed by atoms with Crippen molar-refractivity contribution in [2.45, 2.75) is 26.8 Å². The van der Waals surface area contributed by atoms with Crippen LogP contribution in [0.15, 0.2) is 42.5 Å². The maximum absolute atomic E-state index is 12.0. The van der Waals surface area contributed by atoms with E-state index < -0.39 is 0 Å². The summed E-state index contributed by atoms with van der Waals surface area (Å²) >= 11 is 0. The highest BCUT2D eigenvalue weighted by Crippen LogP contribution is 2.18. The van der Waals surface area contributed by atoms with E-state index in [1.54, 1.807) is 26.2 Å². The molecule has 5 heteroatoms. The minimum atomic E-state index is -0.0665. The summed E-state index contributed by atoms with van der Waals surface area (Å²) < 4.78 is 5.68. The number of carbonyl (C=O) groups excluding carboxylic acids is 2. The van der Waals surface area contributed by atoms with Crippen molar-refractivity contribution in [2.75, 3.05) is 20.7 Å². The van der Waals surface area contributed by atoms with E-state index >= 15 is 0 Å². The van der Waals surface area contributed by atoms with Crippen LogP contribution in [0.25, 0.3) is 0 Å². The van der Waals surface area contributed by atoms with Gasteiger partial charge in [-0.05, 0) is 43.2 Å². The minimum Gasteiger partial charge on any atom is -0.493 e. The van der Waals surface area contributed by atoms with Gasteiger partial charge in [0.1, 0.15) is 5.75 Å². The summed E-state index contributed by atoms with van der Waals surface area (Å²) in [7, 11) is 3.44. The fraction of sp³-hybridized carbons (Fsp3) is 0.333. The van der Waals surface area contributed by atoms with Crippen LogP contribution in [0.3, 0.4) is 0 Å². The van der Waals surface area contributed by atoms with Gasteiger partial charge in [0.25, 0.3) is 5.91 Å². The highest BCUT2D eigenvalue weighted by Gasteiger charge is 2.08. The van der Waals surface area contributed by atoms with E-state index in [1.165, 1.54) is 10.5 Å². The molecular weight excluding hydrogens is 328 g/mol. The summed E-state index contributed by atoms with van der Waals surface area (Å²) in [5.74, 6) is 0.705. The third-order valence-electron chi connectivity index (χ3n) is 4.01. The second-order valence-corrected chi connectivity index (χ2v) is 6.54. The normalized spacial score (nSPS) is 10.3. The van der Waals surface area contributed by atoms with E-state index in [4.69, 9.17) is 4.74 Å². The van der Waals surface area contributed by atoms with E-state index in [2.05, 4.69) is 11.4 Å². The van der Waals surface area contributed by atoms with Gasteiger partial charge in [0, 0.05) is 26.2 Å². The molecule has 0 bridgehead atoms. The molecule has 0 aromatic heterocycles. The van der Waals surface area contributed by atoms with Gasteiger partial charge in [-0.3, -0.25) is 9.59 Å². The summed E-state index contributed by atoms with van der Waals surface area (Å²) in [6, 6.07) is 13.2. The van der Waals surface area contributed by atoms with Crippen LogP contribution in [0, 0.1) is 13.8 Å². The maximum atomic E-state index is 12.0. The molecule has 0 aliphatic rings. The van der Waals surface area contributed by atoms with Crippen molar-refractivity contribution < 1.29 is 14.3 Å². The number of nitrogens with one attached hydrogen (secondary N) is 1. The first-order valence-electron chi connectivity index (χ1n) is 8.64. The summed E-state index contributed by atoms with van der Waals surface area (Å²) in [5.41, 5.74) is 3.83. The third-order valence-corrected chi connectivity index (χ3v) is 4.01. The molecule has 2 aromatic carbocycles. The van der Waals surface area contributed by atoms with Gasteiger partial charge in [0.05, 0.1) is 13.0 Å². The average molecular weight is 354 g/mol.